The minimum Gasteiger partial charge on any atom is -0.496 e. The normalized spacial score (nSPS) is 9.53. The zero-order chi connectivity index (χ0) is 11.3. The lowest BCUT2D eigenvalue weighted by atomic mass is 10.3. The Morgan fingerprint density at radius 3 is 2.67 bits per heavy atom. The summed E-state index contributed by atoms with van der Waals surface area (Å²) in [6, 6.07) is 5.19. The van der Waals surface area contributed by atoms with Crippen molar-refractivity contribution in [3.05, 3.63) is 22.7 Å². The number of halogens is 1. The predicted molar refractivity (Wildman–Crippen MR) is 58.2 cm³/mol. The smallest absolute Gasteiger partial charge is 0.343 e. The molecule has 0 bridgehead atoms. The highest BCUT2D eigenvalue weighted by Gasteiger charge is 2.04. The highest BCUT2D eigenvalue weighted by atomic mass is 79.9. The van der Waals surface area contributed by atoms with E-state index in [2.05, 4.69) is 20.7 Å². The van der Waals surface area contributed by atoms with Crippen molar-refractivity contribution in [2.24, 2.45) is 0 Å². The van der Waals surface area contributed by atoms with E-state index >= 15 is 0 Å². The van der Waals surface area contributed by atoms with E-state index in [-0.39, 0.29) is 6.61 Å². The quantitative estimate of drug-likeness (QED) is 0.788. The molecule has 0 saturated heterocycles. The summed E-state index contributed by atoms with van der Waals surface area (Å²) in [5, 5.41) is 0. The van der Waals surface area contributed by atoms with Crippen LogP contribution < -0.4 is 9.47 Å². The van der Waals surface area contributed by atoms with Crippen LogP contribution in [0, 0.1) is 0 Å². The van der Waals surface area contributed by atoms with Gasteiger partial charge in [-0.25, -0.2) is 4.79 Å². The molecule has 0 saturated carbocycles. The van der Waals surface area contributed by atoms with Crippen LogP contribution in [0.2, 0.25) is 0 Å². The third-order valence-electron chi connectivity index (χ3n) is 1.71. The van der Waals surface area contributed by atoms with E-state index in [1.165, 1.54) is 7.11 Å². The molecular weight excluding hydrogens is 264 g/mol. The van der Waals surface area contributed by atoms with Crippen molar-refractivity contribution in [3.8, 4) is 11.5 Å². The second-order valence-corrected chi connectivity index (χ2v) is 3.52. The Morgan fingerprint density at radius 1 is 1.40 bits per heavy atom. The van der Waals surface area contributed by atoms with Gasteiger partial charge in [0.25, 0.3) is 0 Å². The molecule has 0 aliphatic carbocycles. The van der Waals surface area contributed by atoms with Crippen LogP contribution in [0.3, 0.4) is 0 Å². The lowest BCUT2D eigenvalue weighted by Crippen LogP contribution is -2.12. The number of ether oxygens (including phenoxy) is 3. The van der Waals surface area contributed by atoms with Crippen LogP contribution in [0.4, 0.5) is 0 Å². The molecule has 0 unspecified atom stereocenters. The third-order valence-corrected chi connectivity index (χ3v) is 2.33. The number of carbonyl (C=O) groups is 1. The van der Waals surface area contributed by atoms with Gasteiger partial charge in [-0.3, -0.25) is 0 Å². The van der Waals surface area contributed by atoms with Crippen molar-refractivity contribution >= 4 is 21.9 Å². The van der Waals surface area contributed by atoms with Gasteiger partial charge in [-0.2, -0.15) is 0 Å². The van der Waals surface area contributed by atoms with Gasteiger partial charge in [-0.15, -0.1) is 0 Å². The number of hydrogen-bond acceptors (Lipinski definition) is 4. The Balaban J connectivity index is 2.63. The summed E-state index contributed by atoms with van der Waals surface area (Å²) in [7, 11) is 2.89. The van der Waals surface area contributed by atoms with Crippen LogP contribution >= 0.6 is 15.9 Å². The number of esters is 1. The van der Waals surface area contributed by atoms with Gasteiger partial charge >= 0.3 is 5.97 Å². The van der Waals surface area contributed by atoms with Crippen LogP contribution in [-0.2, 0) is 9.53 Å². The maximum atomic E-state index is 10.8. The van der Waals surface area contributed by atoms with Crippen molar-refractivity contribution in [2.75, 3.05) is 20.8 Å². The lowest BCUT2D eigenvalue weighted by molar-refractivity contribution is -0.142. The molecule has 82 valence electrons. The SMILES string of the molecule is COC(=O)COc1ccc(OC)c(Br)c1. The van der Waals surface area contributed by atoms with E-state index in [1.807, 2.05) is 0 Å². The zero-order valence-corrected chi connectivity index (χ0v) is 10.0. The Labute approximate surface area is 96.3 Å². The molecule has 0 fully saturated rings. The minimum absolute atomic E-state index is 0.102. The average Bonchev–Trinajstić information content (AvgIpc) is 2.26. The molecule has 0 spiro atoms. The van der Waals surface area contributed by atoms with Crippen LogP contribution in [-0.4, -0.2) is 26.8 Å². The van der Waals surface area contributed by atoms with Gasteiger partial charge in [0.15, 0.2) is 6.61 Å². The monoisotopic (exact) mass is 274 g/mol. The average molecular weight is 275 g/mol. The third kappa shape index (κ3) is 3.43. The fraction of sp³-hybridized carbons (Fsp3) is 0.300. The van der Waals surface area contributed by atoms with Crippen LogP contribution in [0.5, 0.6) is 11.5 Å². The summed E-state index contributed by atoms with van der Waals surface area (Å²) in [6.45, 7) is -0.102. The first kappa shape index (κ1) is 11.8. The summed E-state index contributed by atoms with van der Waals surface area (Å²) in [4.78, 5) is 10.8. The summed E-state index contributed by atoms with van der Waals surface area (Å²) < 4.78 is 15.4. The first-order chi connectivity index (χ1) is 7.17. The van der Waals surface area contributed by atoms with E-state index in [9.17, 15) is 4.79 Å². The van der Waals surface area contributed by atoms with Crippen molar-refractivity contribution in [3.63, 3.8) is 0 Å². The first-order valence-electron chi connectivity index (χ1n) is 4.20. The summed E-state index contributed by atoms with van der Waals surface area (Å²) in [5.41, 5.74) is 0. The van der Waals surface area contributed by atoms with Gasteiger partial charge in [-0.05, 0) is 34.1 Å². The van der Waals surface area contributed by atoms with Crippen LogP contribution in [0.15, 0.2) is 22.7 Å². The number of carbonyl (C=O) groups excluding carboxylic acids is 1. The van der Waals surface area contributed by atoms with E-state index in [0.717, 1.165) is 4.47 Å². The van der Waals surface area contributed by atoms with Gasteiger partial charge in [0.1, 0.15) is 11.5 Å². The van der Waals surface area contributed by atoms with Crippen molar-refractivity contribution in [1.29, 1.82) is 0 Å². The molecule has 0 atom stereocenters. The van der Waals surface area contributed by atoms with Crippen molar-refractivity contribution in [1.82, 2.24) is 0 Å². The number of benzene rings is 1. The van der Waals surface area contributed by atoms with Gasteiger partial charge in [0, 0.05) is 0 Å². The molecule has 1 aromatic carbocycles. The Bertz CT molecular complexity index is 351. The van der Waals surface area contributed by atoms with Gasteiger partial charge in [0.05, 0.1) is 18.7 Å². The van der Waals surface area contributed by atoms with Crippen molar-refractivity contribution in [2.45, 2.75) is 0 Å². The van der Waals surface area contributed by atoms with Crippen LogP contribution in [0.1, 0.15) is 0 Å². The maximum absolute atomic E-state index is 10.8. The highest BCUT2D eigenvalue weighted by molar-refractivity contribution is 9.10. The summed E-state index contributed by atoms with van der Waals surface area (Å²) >= 11 is 3.31. The largest absolute Gasteiger partial charge is 0.496 e. The summed E-state index contributed by atoms with van der Waals surface area (Å²) in [6.07, 6.45) is 0. The standard InChI is InChI=1S/C10H11BrO4/c1-13-9-4-3-7(5-8(9)11)15-6-10(12)14-2/h3-5H,6H2,1-2H3. The molecule has 1 rings (SSSR count). The molecule has 0 aromatic heterocycles. The molecule has 0 amide bonds. The highest BCUT2D eigenvalue weighted by Crippen LogP contribution is 2.28. The second-order valence-electron chi connectivity index (χ2n) is 2.66. The van der Waals surface area contributed by atoms with Gasteiger partial charge < -0.3 is 14.2 Å². The molecule has 1 aromatic rings. The summed E-state index contributed by atoms with van der Waals surface area (Å²) in [5.74, 6) is 0.871. The van der Waals surface area contributed by atoms with Crippen LogP contribution in [0.25, 0.3) is 0 Å². The van der Waals surface area contributed by atoms with Gasteiger partial charge in [-0.1, -0.05) is 0 Å². The molecular formula is C10H11BrO4. The number of hydrogen-bond donors (Lipinski definition) is 0. The molecule has 0 aliphatic heterocycles. The molecule has 0 aliphatic rings. The zero-order valence-electron chi connectivity index (χ0n) is 8.45. The molecule has 15 heavy (non-hydrogen) atoms. The Kier molecular flexibility index (Phi) is 4.42. The lowest BCUT2D eigenvalue weighted by Gasteiger charge is -2.07. The fourth-order valence-electron chi connectivity index (χ4n) is 0.938. The first-order valence-corrected chi connectivity index (χ1v) is 5.00. The fourth-order valence-corrected chi connectivity index (χ4v) is 1.46. The van der Waals surface area contributed by atoms with E-state index < -0.39 is 5.97 Å². The maximum Gasteiger partial charge on any atom is 0.343 e. The van der Waals surface area contributed by atoms with Gasteiger partial charge in [0.2, 0.25) is 0 Å². The predicted octanol–water partition coefficient (Wildman–Crippen LogP) is 2.01. The van der Waals surface area contributed by atoms with E-state index in [0.29, 0.717) is 11.5 Å². The molecule has 0 N–H and O–H groups in total. The molecule has 5 heteroatoms. The molecule has 0 radical (unpaired) electrons. The number of rotatable bonds is 4. The number of methoxy groups -OCH3 is 2. The molecule has 4 nitrogen and oxygen atoms in total. The molecule has 0 heterocycles. The Hall–Kier alpha value is -1.23. The Morgan fingerprint density at radius 2 is 2.13 bits per heavy atom. The topological polar surface area (TPSA) is 44.8 Å². The van der Waals surface area contributed by atoms with E-state index in [4.69, 9.17) is 9.47 Å². The second kappa shape index (κ2) is 5.60. The van der Waals surface area contributed by atoms with E-state index in [1.54, 1.807) is 25.3 Å². The minimum atomic E-state index is -0.415. The van der Waals surface area contributed by atoms with Crippen molar-refractivity contribution < 1.29 is 19.0 Å².